The Morgan fingerprint density at radius 3 is 2.48 bits per heavy atom. The molecule has 2 N–H and O–H groups in total. The highest BCUT2D eigenvalue weighted by molar-refractivity contribution is 5.95. The molecule has 1 aromatic heterocycles. The molecule has 3 rings (SSSR count). The third-order valence-electron chi connectivity index (χ3n) is 3.30. The van der Waals surface area contributed by atoms with Crippen molar-refractivity contribution < 1.29 is 23.5 Å². The molecule has 0 aliphatic heterocycles. The summed E-state index contributed by atoms with van der Waals surface area (Å²) in [6.07, 6.45) is 0. The molecule has 0 bridgehead atoms. The number of hydrogen-bond acceptors (Lipinski definition) is 6. The van der Waals surface area contributed by atoms with Crippen molar-refractivity contribution in [3.63, 3.8) is 0 Å². The van der Waals surface area contributed by atoms with Crippen LogP contribution in [0.15, 0.2) is 63.8 Å². The lowest BCUT2D eigenvalue weighted by molar-refractivity contribution is -0.136. The van der Waals surface area contributed by atoms with Crippen LogP contribution in [-0.4, -0.2) is 18.5 Å². The lowest BCUT2D eigenvalue weighted by Gasteiger charge is -2.07. The van der Waals surface area contributed by atoms with Crippen LogP contribution in [0.5, 0.6) is 11.5 Å². The van der Waals surface area contributed by atoms with Crippen molar-refractivity contribution in [1.29, 1.82) is 0 Å². The zero-order chi connectivity index (χ0) is 17.8. The molecule has 7 heteroatoms. The van der Waals surface area contributed by atoms with Crippen LogP contribution < -0.4 is 20.8 Å². The Labute approximate surface area is 141 Å². The second-order valence-electron chi connectivity index (χ2n) is 5.09. The molecule has 1 amide bonds. The van der Waals surface area contributed by atoms with Crippen molar-refractivity contribution in [2.24, 2.45) is 5.73 Å². The Kier molecular flexibility index (Phi) is 4.47. The summed E-state index contributed by atoms with van der Waals surface area (Å²) in [6, 6.07) is 14.6. The van der Waals surface area contributed by atoms with Gasteiger partial charge in [0.05, 0.1) is 0 Å². The maximum Gasteiger partial charge on any atom is 0.349 e. The maximum absolute atomic E-state index is 11.8. The van der Waals surface area contributed by atoms with Crippen LogP contribution in [-0.2, 0) is 4.79 Å². The van der Waals surface area contributed by atoms with Crippen molar-refractivity contribution in [2.45, 2.75) is 0 Å². The minimum Gasteiger partial charge on any atom is -0.482 e. The number of nitrogens with two attached hydrogens (primary N) is 1. The number of esters is 1. The molecule has 1 heterocycles. The normalized spacial score (nSPS) is 10.4. The van der Waals surface area contributed by atoms with Crippen molar-refractivity contribution in [2.75, 3.05) is 6.61 Å². The first kappa shape index (κ1) is 16.3. The van der Waals surface area contributed by atoms with Crippen LogP contribution in [0.25, 0.3) is 11.0 Å². The van der Waals surface area contributed by atoms with Crippen molar-refractivity contribution in [3.8, 4) is 11.5 Å². The summed E-state index contributed by atoms with van der Waals surface area (Å²) in [7, 11) is 0. The van der Waals surface area contributed by atoms with Gasteiger partial charge in [-0.15, -0.1) is 0 Å². The minimum atomic E-state index is -0.871. The molecular formula is C18H13NO6. The summed E-state index contributed by atoms with van der Waals surface area (Å²) in [5, 5.41) is 0.480. The number of primary amides is 1. The topological polar surface area (TPSA) is 109 Å². The number of carbonyl (C=O) groups excluding carboxylic acids is 2. The highest BCUT2D eigenvalue weighted by Gasteiger charge is 2.12. The first-order valence-electron chi connectivity index (χ1n) is 7.29. The van der Waals surface area contributed by atoms with Gasteiger partial charge < -0.3 is 19.6 Å². The van der Waals surface area contributed by atoms with E-state index in [1.165, 1.54) is 18.2 Å². The fourth-order valence-corrected chi connectivity index (χ4v) is 2.15. The van der Waals surface area contributed by atoms with Crippen molar-refractivity contribution in [3.05, 3.63) is 70.6 Å². The molecule has 0 spiro atoms. The van der Waals surface area contributed by atoms with Gasteiger partial charge in [-0.3, -0.25) is 4.79 Å². The van der Waals surface area contributed by atoms with Gasteiger partial charge in [0, 0.05) is 11.5 Å². The number of benzene rings is 2. The quantitative estimate of drug-likeness (QED) is 0.432. The van der Waals surface area contributed by atoms with Crippen LogP contribution >= 0.6 is 0 Å². The number of ether oxygens (including phenoxy) is 2. The van der Waals surface area contributed by atoms with Gasteiger partial charge in [0.15, 0.2) is 6.61 Å². The molecule has 0 fully saturated rings. The van der Waals surface area contributed by atoms with E-state index in [-0.39, 0.29) is 23.5 Å². The zero-order valence-corrected chi connectivity index (χ0v) is 12.9. The van der Waals surface area contributed by atoms with E-state index in [4.69, 9.17) is 19.6 Å². The lowest BCUT2D eigenvalue weighted by Crippen LogP contribution is -2.20. The van der Waals surface area contributed by atoms with E-state index in [1.54, 1.807) is 30.3 Å². The summed E-state index contributed by atoms with van der Waals surface area (Å²) in [4.78, 5) is 34.6. The third kappa shape index (κ3) is 3.84. The smallest absolute Gasteiger partial charge is 0.349 e. The average Bonchev–Trinajstić information content (AvgIpc) is 2.60. The van der Waals surface area contributed by atoms with E-state index in [0.717, 1.165) is 0 Å². The molecule has 2 aromatic carbocycles. The number of carbonyl (C=O) groups is 2. The standard InChI is InChI=1S/C18H13NO6/c19-17(21)14-8-11-6-7-13(9-15(11)25-18(14)22)24-16(20)10-23-12-4-2-1-3-5-12/h1-9H,10H2,(H2,19,21). The molecule has 0 radical (unpaired) electrons. The predicted molar refractivity (Wildman–Crippen MR) is 88.6 cm³/mol. The summed E-state index contributed by atoms with van der Waals surface area (Å²) >= 11 is 0. The number of amides is 1. The predicted octanol–water partition coefficient (Wildman–Crippen LogP) is 1.88. The first-order valence-corrected chi connectivity index (χ1v) is 7.29. The van der Waals surface area contributed by atoms with Crippen LogP contribution in [0.2, 0.25) is 0 Å². The van der Waals surface area contributed by atoms with Gasteiger partial charge in [0.25, 0.3) is 5.91 Å². The highest BCUT2D eigenvalue weighted by atomic mass is 16.6. The first-order chi connectivity index (χ1) is 12.0. The van der Waals surface area contributed by atoms with E-state index in [0.29, 0.717) is 11.1 Å². The molecule has 0 aliphatic carbocycles. The number of rotatable bonds is 5. The van der Waals surface area contributed by atoms with Crippen LogP contribution in [0.4, 0.5) is 0 Å². The fraction of sp³-hybridized carbons (Fsp3) is 0.0556. The second kappa shape index (κ2) is 6.88. The number of hydrogen-bond donors (Lipinski definition) is 1. The average molecular weight is 339 g/mol. The lowest BCUT2D eigenvalue weighted by atomic mass is 10.2. The molecule has 0 unspecified atom stereocenters. The minimum absolute atomic E-state index is 0.171. The van der Waals surface area contributed by atoms with E-state index >= 15 is 0 Å². The molecule has 3 aromatic rings. The largest absolute Gasteiger partial charge is 0.482 e. The van der Waals surface area contributed by atoms with Gasteiger partial charge >= 0.3 is 11.6 Å². The van der Waals surface area contributed by atoms with Crippen molar-refractivity contribution in [1.82, 2.24) is 0 Å². The van der Waals surface area contributed by atoms with E-state index in [9.17, 15) is 14.4 Å². The maximum atomic E-state index is 11.8. The molecule has 0 atom stereocenters. The Bertz CT molecular complexity index is 993. The van der Waals surface area contributed by atoms with Gasteiger partial charge in [-0.25, -0.2) is 9.59 Å². The van der Waals surface area contributed by atoms with Crippen LogP contribution in [0, 0.1) is 0 Å². The molecule has 0 aliphatic rings. The number of fused-ring (bicyclic) bond motifs is 1. The summed E-state index contributed by atoms with van der Waals surface area (Å²) in [5.41, 5.74) is 4.18. The molecule has 7 nitrogen and oxygen atoms in total. The van der Waals surface area contributed by atoms with Gasteiger partial charge in [-0.1, -0.05) is 18.2 Å². The molecule has 25 heavy (non-hydrogen) atoms. The fourth-order valence-electron chi connectivity index (χ4n) is 2.15. The van der Waals surface area contributed by atoms with E-state index < -0.39 is 17.5 Å². The Morgan fingerprint density at radius 2 is 1.76 bits per heavy atom. The van der Waals surface area contributed by atoms with Crippen molar-refractivity contribution >= 4 is 22.8 Å². The summed E-state index contributed by atoms with van der Waals surface area (Å²) < 4.78 is 15.5. The summed E-state index contributed by atoms with van der Waals surface area (Å²) in [6.45, 7) is -0.271. The highest BCUT2D eigenvalue weighted by Crippen LogP contribution is 2.20. The van der Waals surface area contributed by atoms with Gasteiger partial charge in [0.1, 0.15) is 22.6 Å². The Morgan fingerprint density at radius 1 is 1.00 bits per heavy atom. The molecular weight excluding hydrogens is 326 g/mol. The SMILES string of the molecule is NC(=O)c1cc2ccc(OC(=O)COc3ccccc3)cc2oc1=O. The third-order valence-corrected chi connectivity index (χ3v) is 3.30. The molecule has 0 saturated carbocycles. The van der Waals surface area contributed by atoms with Gasteiger partial charge in [0.2, 0.25) is 0 Å². The van der Waals surface area contributed by atoms with Crippen LogP contribution in [0.1, 0.15) is 10.4 Å². The van der Waals surface area contributed by atoms with Crippen LogP contribution in [0.3, 0.4) is 0 Å². The second-order valence-corrected chi connectivity index (χ2v) is 5.09. The number of para-hydroxylation sites is 1. The van der Waals surface area contributed by atoms with Gasteiger partial charge in [-0.05, 0) is 30.3 Å². The van der Waals surface area contributed by atoms with Gasteiger partial charge in [-0.2, -0.15) is 0 Å². The van der Waals surface area contributed by atoms with E-state index in [2.05, 4.69) is 0 Å². The monoisotopic (exact) mass is 339 g/mol. The summed E-state index contributed by atoms with van der Waals surface area (Å²) in [5.74, 6) is -0.754. The Balaban J connectivity index is 1.73. The Hall–Kier alpha value is -3.61. The molecule has 126 valence electrons. The van der Waals surface area contributed by atoms with E-state index in [1.807, 2.05) is 6.07 Å². The molecule has 0 saturated heterocycles. The zero-order valence-electron chi connectivity index (χ0n) is 12.9.